The molecule has 0 saturated carbocycles. The Morgan fingerprint density at radius 3 is 2.20 bits per heavy atom. The second kappa shape index (κ2) is 6.02. The van der Waals surface area contributed by atoms with Gasteiger partial charge in [0.1, 0.15) is 0 Å². The van der Waals surface area contributed by atoms with E-state index < -0.39 is 10.2 Å². The van der Waals surface area contributed by atoms with E-state index in [2.05, 4.69) is 9.97 Å². The minimum Gasteiger partial charge on any atom is -0.338 e. The zero-order chi connectivity index (χ0) is 14.8. The fraction of sp³-hybridized carbons (Fsp3) is 0.667. The molecule has 0 unspecified atom stereocenters. The summed E-state index contributed by atoms with van der Waals surface area (Å²) in [5.41, 5.74) is 0. The molecule has 7 nitrogen and oxygen atoms in total. The minimum absolute atomic E-state index is 0.0458. The van der Waals surface area contributed by atoms with E-state index in [-0.39, 0.29) is 6.04 Å². The maximum absolute atomic E-state index is 12.4. The van der Waals surface area contributed by atoms with Crippen LogP contribution in [0.2, 0.25) is 0 Å². The Labute approximate surface area is 120 Å². The van der Waals surface area contributed by atoms with Gasteiger partial charge < -0.3 is 4.90 Å². The predicted octanol–water partition coefficient (Wildman–Crippen LogP) is 0.184. The molecule has 8 heteroatoms. The number of nitrogens with zero attached hydrogens (tertiary/aromatic N) is 5. The van der Waals surface area contributed by atoms with Crippen molar-refractivity contribution < 1.29 is 8.42 Å². The molecule has 1 fully saturated rings. The van der Waals surface area contributed by atoms with Gasteiger partial charge in [0.25, 0.3) is 10.2 Å². The second-order valence-electron chi connectivity index (χ2n) is 5.05. The molecule has 0 bridgehead atoms. The Bertz CT molecular complexity index is 526. The zero-order valence-electron chi connectivity index (χ0n) is 12.1. The van der Waals surface area contributed by atoms with Gasteiger partial charge in [-0.2, -0.15) is 17.0 Å². The van der Waals surface area contributed by atoms with Crippen molar-refractivity contribution in [3.8, 4) is 0 Å². The molecule has 0 amide bonds. The van der Waals surface area contributed by atoms with Crippen molar-refractivity contribution in [3.05, 3.63) is 18.5 Å². The van der Waals surface area contributed by atoms with Crippen molar-refractivity contribution >= 4 is 16.2 Å². The molecular formula is C12H21N5O2S. The van der Waals surface area contributed by atoms with Crippen LogP contribution in [0.1, 0.15) is 13.8 Å². The van der Waals surface area contributed by atoms with Crippen LogP contribution in [0.5, 0.6) is 0 Å². The predicted molar refractivity (Wildman–Crippen MR) is 77.6 cm³/mol. The highest BCUT2D eigenvalue weighted by atomic mass is 32.2. The van der Waals surface area contributed by atoms with Crippen LogP contribution < -0.4 is 4.90 Å². The van der Waals surface area contributed by atoms with Crippen molar-refractivity contribution in [1.82, 2.24) is 18.6 Å². The maximum atomic E-state index is 12.4. The first-order chi connectivity index (χ1) is 9.43. The number of rotatable bonds is 4. The summed E-state index contributed by atoms with van der Waals surface area (Å²) in [6.45, 7) is 5.86. The van der Waals surface area contributed by atoms with Crippen LogP contribution in [0.4, 0.5) is 5.95 Å². The highest BCUT2D eigenvalue weighted by Gasteiger charge is 2.31. The number of piperazine rings is 1. The molecular weight excluding hydrogens is 278 g/mol. The van der Waals surface area contributed by atoms with E-state index in [1.165, 1.54) is 8.61 Å². The molecule has 2 rings (SSSR count). The maximum Gasteiger partial charge on any atom is 0.282 e. The van der Waals surface area contributed by atoms with Gasteiger partial charge in [0.15, 0.2) is 0 Å². The van der Waals surface area contributed by atoms with Gasteiger partial charge in [-0.1, -0.05) is 0 Å². The van der Waals surface area contributed by atoms with Gasteiger partial charge in [-0.05, 0) is 19.9 Å². The number of hydrogen-bond donors (Lipinski definition) is 0. The average molecular weight is 299 g/mol. The van der Waals surface area contributed by atoms with Crippen LogP contribution in [0.25, 0.3) is 0 Å². The first-order valence-corrected chi connectivity index (χ1v) is 8.07. The van der Waals surface area contributed by atoms with E-state index in [1.807, 2.05) is 18.7 Å². The van der Waals surface area contributed by atoms with Crippen LogP contribution in [-0.4, -0.2) is 66.3 Å². The molecule has 0 aliphatic carbocycles. The summed E-state index contributed by atoms with van der Waals surface area (Å²) in [4.78, 5) is 10.4. The zero-order valence-corrected chi connectivity index (χ0v) is 12.9. The Morgan fingerprint density at radius 1 is 1.15 bits per heavy atom. The smallest absolute Gasteiger partial charge is 0.282 e. The fourth-order valence-corrected chi connectivity index (χ4v) is 3.54. The number of hydrogen-bond acceptors (Lipinski definition) is 5. The monoisotopic (exact) mass is 299 g/mol. The molecule has 1 aliphatic rings. The van der Waals surface area contributed by atoms with Gasteiger partial charge >= 0.3 is 0 Å². The summed E-state index contributed by atoms with van der Waals surface area (Å²) in [7, 11) is -1.75. The molecule has 112 valence electrons. The summed E-state index contributed by atoms with van der Waals surface area (Å²) in [6, 6.07) is 1.72. The van der Waals surface area contributed by atoms with Gasteiger partial charge in [-0.25, -0.2) is 9.97 Å². The van der Waals surface area contributed by atoms with Crippen molar-refractivity contribution in [2.24, 2.45) is 0 Å². The van der Waals surface area contributed by atoms with Crippen LogP contribution in [0.3, 0.4) is 0 Å². The van der Waals surface area contributed by atoms with Gasteiger partial charge in [0.05, 0.1) is 0 Å². The molecule has 1 aromatic heterocycles. The van der Waals surface area contributed by atoms with Gasteiger partial charge in [0, 0.05) is 51.7 Å². The third-order valence-electron chi connectivity index (χ3n) is 3.49. The average Bonchev–Trinajstić information content (AvgIpc) is 2.47. The summed E-state index contributed by atoms with van der Waals surface area (Å²) in [6.07, 6.45) is 3.38. The van der Waals surface area contributed by atoms with Gasteiger partial charge in [0.2, 0.25) is 5.95 Å². The lowest BCUT2D eigenvalue weighted by Gasteiger charge is -2.36. The standard InChI is InChI=1S/C12H21N5O2S/c1-11(2)15(3)20(18,19)17-9-7-16(8-10-17)12-13-5-4-6-14-12/h4-6,11H,7-10H2,1-3H3. The molecule has 0 aromatic carbocycles. The van der Waals surface area contributed by atoms with Crippen LogP contribution >= 0.6 is 0 Å². The van der Waals surface area contributed by atoms with E-state index in [0.717, 1.165) is 0 Å². The van der Waals surface area contributed by atoms with Crippen molar-refractivity contribution in [2.75, 3.05) is 38.1 Å². The van der Waals surface area contributed by atoms with Crippen molar-refractivity contribution in [3.63, 3.8) is 0 Å². The minimum atomic E-state index is -3.37. The van der Waals surface area contributed by atoms with E-state index in [1.54, 1.807) is 25.5 Å². The second-order valence-corrected chi connectivity index (χ2v) is 7.04. The lowest BCUT2D eigenvalue weighted by molar-refractivity contribution is 0.322. The summed E-state index contributed by atoms with van der Waals surface area (Å²) < 4.78 is 27.7. The molecule has 0 radical (unpaired) electrons. The van der Waals surface area contributed by atoms with Crippen LogP contribution in [0, 0.1) is 0 Å². The third kappa shape index (κ3) is 3.08. The lowest BCUT2D eigenvalue weighted by atomic mass is 10.4. The van der Waals surface area contributed by atoms with Gasteiger partial charge in [-0.15, -0.1) is 0 Å². The largest absolute Gasteiger partial charge is 0.338 e. The highest BCUT2D eigenvalue weighted by Crippen LogP contribution is 2.15. The number of aromatic nitrogens is 2. The van der Waals surface area contributed by atoms with Crippen molar-refractivity contribution in [2.45, 2.75) is 19.9 Å². The van der Waals surface area contributed by atoms with Gasteiger partial charge in [-0.3, -0.25) is 0 Å². The summed E-state index contributed by atoms with van der Waals surface area (Å²) in [5.74, 6) is 0.654. The SMILES string of the molecule is CC(C)N(C)S(=O)(=O)N1CCN(c2ncccn2)CC1. The fourth-order valence-electron chi connectivity index (χ4n) is 2.02. The Kier molecular flexibility index (Phi) is 4.56. The van der Waals surface area contributed by atoms with Crippen molar-refractivity contribution in [1.29, 1.82) is 0 Å². The summed E-state index contributed by atoms with van der Waals surface area (Å²) >= 11 is 0. The quantitative estimate of drug-likeness (QED) is 0.793. The third-order valence-corrected chi connectivity index (χ3v) is 5.66. The molecule has 1 aliphatic heterocycles. The molecule has 0 N–H and O–H groups in total. The molecule has 20 heavy (non-hydrogen) atoms. The topological polar surface area (TPSA) is 69.6 Å². The highest BCUT2D eigenvalue weighted by molar-refractivity contribution is 7.86. The van der Waals surface area contributed by atoms with E-state index in [4.69, 9.17) is 0 Å². The molecule has 2 heterocycles. The molecule has 1 saturated heterocycles. The first kappa shape index (κ1) is 15.1. The Balaban J connectivity index is 2.01. The van der Waals surface area contributed by atoms with Crippen LogP contribution in [0.15, 0.2) is 18.5 Å². The summed E-state index contributed by atoms with van der Waals surface area (Å²) in [5, 5.41) is 0. The molecule has 1 aromatic rings. The van der Waals surface area contributed by atoms with E-state index in [9.17, 15) is 8.42 Å². The first-order valence-electron chi connectivity index (χ1n) is 6.68. The van der Waals surface area contributed by atoms with Crippen LogP contribution in [-0.2, 0) is 10.2 Å². The lowest BCUT2D eigenvalue weighted by Crippen LogP contribution is -2.53. The van der Waals surface area contributed by atoms with E-state index >= 15 is 0 Å². The molecule has 0 spiro atoms. The number of anilines is 1. The molecule has 0 atom stereocenters. The Hall–Kier alpha value is -1.25. The normalized spacial score (nSPS) is 17.9. The Morgan fingerprint density at radius 2 is 1.70 bits per heavy atom. The van der Waals surface area contributed by atoms with E-state index in [0.29, 0.717) is 32.1 Å².